The van der Waals surface area contributed by atoms with E-state index in [0.717, 1.165) is 11.3 Å². The normalized spacial score (nSPS) is 9.86. The fourth-order valence-corrected chi connectivity index (χ4v) is 1.98. The molecule has 0 heterocycles. The summed E-state index contributed by atoms with van der Waals surface area (Å²) >= 11 is 0. The monoisotopic (exact) mass is 297 g/mol. The minimum absolute atomic E-state index is 0.138. The van der Waals surface area contributed by atoms with Crippen molar-refractivity contribution in [3.63, 3.8) is 0 Å². The minimum atomic E-state index is -0.138. The fourth-order valence-electron chi connectivity index (χ4n) is 1.98. The Balaban J connectivity index is 1.95. The van der Waals surface area contributed by atoms with Crippen LogP contribution in [0.3, 0.4) is 0 Å². The summed E-state index contributed by atoms with van der Waals surface area (Å²) in [5, 5.41) is 2.88. The van der Waals surface area contributed by atoms with Gasteiger partial charge in [0.1, 0.15) is 18.1 Å². The van der Waals surface area contributed by atoms with Crippen LogP contribution >= 0.6 is 0 Å². The van der Waals surface area contributed by atoms with Crippen LogP contribution in [0.5, 0.6) is 11.5 Å². The standard InChI is InChI=1S/C18H19NO3/c1-3-12-22-16-10-8-14(9-11-16)18(20)19-13-15-6-4-5-7-17(15)21-2/h3-11H,1,12-13H2,2H3,(H,19,20). The van der Waals surface area contributed by atoms with Gasteiger partial charge >= 0.3 is 0 Å². The molecule has 0 saturated heterocycles. The van der Waals surface area contributed by atoms with E-state index < -0.39 is 0 Å². The van der Waals surface area contributed by atoms with Gasteiger partial charge in [-0.3, -0.25) is 4.79 Å². The summed E-state index contributed by atoms with van der Waals surface area (Å²) in [6.07, 6.45) is 1.67. The maximum atomic E-state index is 12.1. The van der Waals surface area contributed by atoms with Crippen molar-refractivity contribution < 1.29 is 14.3 Å². The molecule has 0 atom stereocenters. The van der Waals surface area contributed by atoms with Gasteiger partial charge in [0.25, 0.3) is 5.91 Å². The number of nitrogens with one attached hydrogen (secondary N) is 1. The van der Waals surface area contributed by atoms with Gasteiger partial charge in [0.2, 0.25) is 0 Å². The first-order chi connectivity index (χ1) is 10.7. The zero-order valence-corrected chi connectivity index (χ0v) is 12.5. The molecule has 0 saturated carbocycles. The maximum absolute atomic E-state index is 12.1. The molecule has 0 aliphatic rings. The lowest BCUT2D eigenvalue weighted by atomic mass is 10.1. The molecule has 0 aliphatic carbocycles. The van der Waals surface area contributed by atoms with E-state index in [0.29, 0.717) is 24.5 Å². The lowest BCUT2D eigenvalue weighted by Crippen LogP contribution is -2.22. The first-order valence-corrected chi connectivity index (χ1v) is 6.98. The molecule has 22 heavy (non-hydrogen) atoms. The molecule has 0 bridgehead atoms. The summed E-state index contributed by atoms with van der Waals surface area (Å²) in [5.74, 6) is 1.33. The first kappa shape index (κ1) is 15.6. The zero-order valence-electron chi connectivity index (χ0n) is 12.5. The molecular weight excluding hydrogens is 278 g/mol. The Morgan fingerprint density at radius 1 is 1.18 bits per heavy atom. The Labute approximate surface area is 130 Å². The molecule has 2 aromatic carbocycles. The van der Waals surface area contributed by atoms with Gasteiger partial charge in [-0.2, -0.15) is 0 Å². The van der Waals surface area contributed by atoms with Crippen LogP contribution in [0.1, 0.15) is 15.9 Å². The molecule has 2 rings (SSSR count). The Morgan fingerprint density at radius 2 is 1.91 bits per heavy atom. The van der Waals surface area contributed by atoms with Crippen LogP contribution in [0, 0.1) is 0 Å². The van der Waals surface area contributed by atoms with Crippen LogP contribution in [-0.2, 0) is 6.54 Å². The molecule has 0 aromatic heterocycles. The van der Waals surface area contributed by atoms with Gasteiger partial charge in [-0.15, -0.1) is 0 Å². The molecule has 4 nitrogen and oxygen atoms in total. The van der Waals surface area contributed by atoms with E-state index in [9.17, 15) is 4.79 Å². The molecule has 1 N–H and O–H groups in total. The predicted molar refractivity (Wildman–Crippen MR) is 86.3 cm³/mol. The van der Waals surface area contributed by atoms with Crippen LogP contribution in [0.25, 0.3) is 0 Å². The molecule has 1 amide bonds. The molecular formula is C18H19NO3. The highest BCUT2D eigenvalue weighted by Gasteiger charge is 2.07. The van der Waals surface area contributed by atoms with Crippen molar-refractivity contribution in [3.8, 4) is 11.5 Å². The van der Waals surface area contributed by atoms with Crippen molar-refractivity contribution in [2.45, 2.75) is 6.54 Å². The number of amides is 1. The number of hydrogen-bond acceptors (Lipinski definition) is 3. The van der Waals surface area contributed by atoms with Gasteiger partial charge in [0, 0.05) is 17.7 Å². The van der Waals surface area contributed by atoms with E-state index in [4.69, 9.17) is 9.47 Å². The van der Waals surface area contributed by atoms with E-state index >= 15 is 0 Å². The van der Waals surface area contributed by atoms with Crippen LogP contribution in [0.15, 0.2) is 61.2 Å². The molecule has 2 aromatic rings. The van der Waals surface area contributed by atoms with Gasteiger partial charge in [0.05, 0.1) is 7.11 Å². The Kier molecular flexibility index (Phi) is 5.60. The van der Waals surface area contributed by atoms with Crippen molar-refractivity contribution in [2.24, 2.45) is 0 Å². The van der Waals surface area contributed by atoms with Gasteiger partial charge in [-0.05, 0) is 30.3 Å². The number of hydrogen-bond donors (Lipinski definition) is 1. The second-order valence-corrected chi connectivity index (χ2v) is 4.62. The Morgan fingerprint density at radius 3 is 2.59 bits per heavy atom. The molecule has 0 spiro atoms. The highest BCUT2D eigenvalue weighted by atomic mass is 16.5. The smallest absolute Gasteiger partial charge is 0.251 e. The predicted octanol–water partition coefficient (Wildman–Crippen LogP) is 3.19. The Bertz CT molecular complexity index is 635. The molecule has 0 unspecified atom stereocenters. The number of ether oxygens (including phenoxy) is 2. The zero-order chi connectivity index (χ0) is 15.8. The summed E-state index contributed by atoms with van der Waals surface area (Å²) in [6, 6.07) is 14.6. The lowest BCUT2D eigenvalue weighted by molar-refractivity contribution is 0.0950. The number of benzene rings is 2. The average Bonchev–Trinajstić information content (AvgIpc) is 2.58. The van der Waals surface area contributed by atoms with Crippen LogP contribution < -0.4 is 14.8 Å². The first-order valence-electron chi connectivity index (χ1n) is 6.98. The average molecular weight is 297 g/mol. The quantitative estimate of drug-likeness (QED) is 0.798. The third kappa shape index (κ3) is 4.12. The van der Waals surface area contributed by atoms with E-state index in [1.165, 1.54) is 0 Å². The van der Waals surface area contributed by atoms with Crippen molar-refractivity contribution in [1.29, 1.82) is 0 Å². The van der Waals surface area contributed by atoms with Gasteiger partial charge in [-0.25, -0.2) is 0 Å². The minimum Gasteiger partial charge on any atom is -0.496 e. The number of methoxy groups -OCH3 is 1. The maximum Gasteiger partial charge on any atom is 0.251 e. The second kappa shape index (κ2) is 7.88. The van der Waals surface area contributed by atoms with E-state index in [2.05, 4.69) is 11.9 Å². The SMILES string of the molecule is C=CCOc1ccc(C(=O)NCc2ccccc2OC)cc1. The molecule has 0 fully saturated rings. The summed E-state index contributed by atoms with van der Waals surface area (Å²) in [4.78, 5) is 12.1. The molecule has 0 aliphatic heterocycles. The third-order valence-electron chi connectivity index (χ3n) is 3.12. The molecule has 114 valence electrons. The van der Waals surface area contributed by atoms with Crippen molar-refractivity contribution in [3.05, 3.63) is 72.3 Å². The summed E-state index contributed by atoms with van der Waals surface area (Å²) < 4.78 is 10.6. The number of carbonyl (C=O) groups excluding carboxylic acids is 1. The molecule has 0 radical (unpaired) electrons. The van der Waals surface area contributed by atoms with Crippen molar-refractivity contribution >= 4 is 5.91 Å². The van der Waals surface area contributed by atoms with E-state index in [-0.39, 0.29) is 5.91 Å². The highest BCUT2D eigenvalue weighted by Crippen LogP contribution is 2.17. The molecule has 4 heteroatoms. The van der Waals surface area contributed by atoms with E-state index in [1.807, 2.05) is 24.3 Å². The summed E-state index contributed by atoms with van der Waals surface area (Å²) in [6.45, 7) is 4.45. The van der Waals surface area contributed by atoms with Crippen molar-refractivity contribution in [1.82, 2.24) is 5.32 Å². The van der Waals surface area contributed by atoms with Crippen LogP contribution in [-0.4, -0.2) is 19.6 Å². The van der Waals surface area contributed by atoms with E-state index in [1.54, 1.807) is 37.5 Å². The highest BCUT2D eigenvalue weighted by molar-refractivity contribution is 5.94. The Hall–Kier alpha value is -2.75. The number of carbonyl (C=O) groups is 1. The summed E-state index contributed by atoms with van der Waals surface area (Å²) in [7, 11) is 1.61. The van der Waals surface area contributed by atoms with Crippen LogP contribution in [0.2, 0.25) is 0 Å². The fraction of sp³-hybridized carbons (Fsp3) is 0.167. The van der Waals surface area contributed by atoms with Gasteiger partial charge in [-0.1, -0.05) is 30.9 Å². The number of para-hydroxylation sites is 1. The van der Waals surface area contributed by atoms with Crippen molar-refractivity contribution in [2.75, 3.05) is 13.7 Å². The number of rotatable bonds is 7. The van der Waals surface area contributed by atoms with Gasteiger partial charge < -0.3 is 14.8 Å². The largest absolute Gasteiger partial charge is 0.496 e. The lowest BCUT2D eigenvalue weighted by Gasteiger charge is -2.10. The summed E-state index contributed by atoms with van der Waals surface area (Å²) in [5.41, 5.74) is 1.52. The third-order valence-corrected chi connectivity index (χ3v) is 3.12. The van der Waals surface area contributed by atoms with Crippen LogP contribution in [0.4, 0.5) is 0 Å². The van der Waals surface area contributed by atoms with Gasteiger partial charge in [0.15, 0.2) is 0 Å². The topological polar surface area (TPSA) is 47.6 Å². The second-order valence-electron chi connectivity index (χ2n) is 4.62.